The fourth-order valence-electron chi connectivity index (χ4n) is 1.78. The molecule has 1 aromatic rings. The number of hydrogen-bond donors (Lipinski definition) is 5. The van der Waals surface area contributed by atoms with E-state index in [0.717, 1.165) is 4.57 Å². The molecule has 1 fully saturated rings. The van der Waals surface area contributed by atoms with Crippen LogP contribution in [-0.2, 0) is 4.74 Å². The van der Waals surface area contributed by atoms with Gasteiger partial charge in [0.2, 0.25) is 0 Å². The monoisotopic (exact) mass is 259 g/mol. The van der Waals surface area contributed by atoms with Gasteiger partial charge in [0.15, 0.2) is 12.0 Å². The van der Waals surface area contributed by atoms with E-state index in [2.05, 4.69) is 4.98 Å². The van der Waals surface area contributed by atoms with Crippen molar-refractivity contribution < 1.29 is 25.3 Å². The Labute approximate surface area is 101 Å². The molecule has 2 heterocycles. The number of aliphatic hydroxyl groups is 3. The highest BCUT2D eigenvalue weighted by molar-refractivity contribution is 5.28. The van der Waals surface area contributed by atoms with Crippen molar-refractivity contribution in [2.45, 2.75) is 24.5 Å². The van der Waals surface area contributed by atoms with Crippen LogP contribution in [0.25, 0.3) is 0 Å². The molecule has 0 bridgehead atoms. The predicted molar refractivity (Wildman–Crippen MR) is 56.9 cm³/mol. The molecular weight excluding hydrogens is 246 g/mol. The largest absolute Gasteiger partial charge is 0.394 e. The van der Waals surface area contributed by atoms with E-state index in [-0.39, 0.29) is 5.82 Å². The Kier molecular flexibility index (Phi) is 3.59. The SMILES string of the molecule is O=c1nc(NO)ccn1[C@@H]1O[C@H](CO)C(O)C1O. The summed E-state index contributed by atoms with van der Waals surface area (Å²) in [6, 6.07) is 1.29. The zero-order valence-corrected chi connectivity index (χ0v) is 9.17. The minimum atomic E-state index is -1.35. The highest BCUT2D eigenvalue weighted by atomic mass is 16.6. The second kappa shape index (κ2) is 5.00. The van der Waals surface area contributed by atoms with Crippen molar-refractivity contribution in [3.63, 3.8) is 0 Å². The first-order chi connectivity index (χ1) is 8.58. The van der Waals surface area contributed by atoms with Gasteiger partial charge in [-0.1, -0.05) is 0 Å². The van der Waals surface area contributed by atoms with Crippen LogP contribution in [0.1, 0.15) is 6.23 Å². The molecule has 100 valence electrons. The molecule has 0 radical (unpaired) electrons. The number of rotatable bonds is 3. The minimum absolute atomic E-state index is 0.0528. The summed E-state index contributed by atoms with van der Waals surface area (Å²) in [5, 5.41) is 36.8. The van der Waals surface area contributed by atoms with Gasteiger partial charge in [-0.2, -0.15) is 4.98 Å². The van der Waals surface area contributed by atoms with Crippen LogP contribution in [-0.4, -0.2) is 55.0 Å². The molecule has 9 nitrogen and oxygen atoms in total. The summed E-state index contributed by atoms with van der Waals surface area (Å²) in [5.41, 5.74) is 0.934. The maximum absolute atomic E-state index is 11.6. The normalized spacial score (nSPS) is 31.6. The van der Waals surface area contributed by atoms with Crippen molar-refractivity contribution in [3.8, 4) is 0 Å². The van der Waals surface area contributed by atoms with Gasteiger partial charge < -0.3 is 20.1 Å². The van der Waals surface area contributed by atoms with E-state index < -0.39 is 36.8 Å². The fraction of sp³-hybridized carbons (Fsp3) is 0.556. The number of hydrogen-bond acceptors (Lipinski definition) is 8. The van der Waals surface area contributed by atoms with Gasteiger partial charge in [0.25, 0.3) is 0 Å². The van der Waals surface area contributed by atoms with Crippen LogP contribution in [0, 0.1) is 0 Å². The van der Waals surface area contributed by atoms with Crippen molar-refractivity contribution in [1.82, 2.24) is 9.55 Å². The number of anilines is 1. The van der Waals surface area contributed by atoms with Gasteiger partial charge in [-0.3, -0.25) is 15.3 Å². The summed E-state index contributed by atoms with van der Waals surface area (Å²) in [7, 11) is 0. The van der Waals surface area contributed by atoms with Crippen LogP contribution in [0.2, 0.25) is 0 Å². The van der Waals surface area contributed by atoms with Gasteiger partial charge in [-0.05, 0) is 6.07 Å². The second-order valence-electron chi connectivity index (χ2n) is 3.84. The Morgan fingerprint density at radius 2 is 2.17 bits per heavy atom. The van der Waals surface area contributed by atoms with Crippen LogP contribution in [0.15, 0.2) is 17.1 Å². The van der Waals surface area contributed by atoms with Gasteiger partial charge in [0, 0.05) is 6.20 Å². The molecule has 0 aliphatic carbocycles. The lowest BCUT2D eigenvalue weighted by Gasteiger charge is -2.16. The van der Waals surface area contributed by atoms with Gasteiger partial charge in [0.05, 0.1) is 6.61 Å². The van der Waals surface area contributed by atoms with Crippen molar-refractivity contribution in [3.05, 3.63) is 22.7 Å². The van der Waals surface area contributed by atoms with E-state index in [0.29, 0.717) is 0 Å². The van der Waals surface area contributed by atoms with Crippen LogP contribution in [0.3, 0.4) is 0 Å². The van der Waals surface area contributed by atoms with E-state index in [1.807, 2.05) is 0 Å². The van der Waals surface area contributed by atoms with E-state index in [1.165, 1.54) is 12.3 Å². The highest BCUT2D eigenvalue weighted by Crippen LogP contribution is 2.27. The molecule has 5 N–H and O–H groups in total. The number of nitrogens with one attached hydrogen (secondary N) is 1. The van der Waals surface area contributed by atoms with Crippen molar-refractivity contribution in [2.24, 2.45) is 0 Å². The van der Waals surface area contributed by atoms with E-state index in [9.17, 15) is 15.0 Å². The third-order valence-electron chi connectivity index (χ3n) is 2.74. The molecule has 1 aliphatic heterocycles. The van der Waals surface area contributed by atoms with Crippen molar-refractivity contribution in [1.29, 1.82) is 0 Å². The van der Waals surface area contributed by atoms with Gasteiger partial charge in [-0.15, -0.1) is 0 Å². The van der Waals surface area contributed by atoms with Crippen molar-refractivity contribution in [2.75, 3.05) is 12.1 Å². The van der Waals surface area contributed by atoms with Crippen LogP contribution < -0.4 is 11.2 Å². The summed E-state index contributed by atoms with van der Waals surface area (Å²) < 4.78 is 6.13. The third kappa shape index (κ3) is 2.09. The van der Waals surface area contributed by atoms with E-state index >= 15 is 0 Å². The summed E-state index contributed by atoms with van der Waals surface area (Å²) in [5.74, 6) is -0.0528. The van der Waals surface area contributed by atoms with Gasteiger partial charge in [0.1, 0.15) is 18.3 Å². The lowest BCUT2D eigenvalue weighted by atomic mass is 10.1. The quantitative estimate of drug-likeness (QED) is 0.381. The first-order valence-electron chi connectivity index (χ1n) is 5.20. The first-order valence-corrected chi connectivity index (χ1v) is 5.20. The summed E-state index contributed by atoms with van der Waals surface area (Å²) in [6.45, 7) is -0.479. The summed E-state index contributed by atoms with van der Waals surface area (Å²) in [4.78, 5) is 15.1. The molecule has 1 aromatic heterocycles. The molecule has 1 aliphatic rings. The van der Waals surface area contributed by atoms with Crippen LogP contribution >= 0.6 is 0 Å². The molecule has 9 heteroatoms. The first kappa shape index (κ1) is 12.9. The average molecular weight is 259 g/mol. The summed E-state index contributed by atoms with van der Waals surface area (Å²) in [6.07, 6.45) is -3.50. The lowest BCUT2D eigenvalue weighted by molar-refractivity contribution is -0.0549. The summed E-state index contributed by atoms with van der Waals surface area (Å²) >= 11 is 0. The zero-order valence-electron chi connectivity index (χ0n) is 9.17. The van der Waals surface area contributed by atoms with Crippen LogP contribution in [0.4, 0.5) is 5.82 Å². The molecule has 0 saturated carbocycles. The maximum atomic E-state index is 11.6. The minimum Gasteiger partial charge on any atom is -0.394 e. The molecular formula is C9H13N3O6. The Balaban J connectivity index is 2.30. The Bertz CT molecular complexity index is 478. The molecule has 2 unspecified atom stereocenters. The zero-order chi connectivity index (χ0) is 13.3. The third-order valence-corrected chi connectivity index (χ3v) is 2.74. The maximum Gasteiger partial charge on any atom is 0.351 e. The fourth-order valence-corrected chi connectivity index (χ4v) is 1.78. The molecule has 1 saturated heterocycles. The molecule has 0 aromatic carbocycles. The highest BCUT2D eigenvalue weighted by Gasteiger charge is 2.43. The van der Waals surface area contributed by atoms with Gasteiger partial charge in [-0.25, -0.2) is 4.79 Å². The number of aliphatic hydroxyl groups excluding tert-OH is 3. The predicted octanol–water partition coefficient (Wildman–Crippen LogP) is -2.34. The lowest BCUT2D eigenvalue weighted by Crippen LogP contribution is -2.36. The average Bonchev–Trinajstić information content (AvgIpc) is 2.66. The number of ether oxygens (including phenoxy) is 1. The Hall–Kier alpha value is -1.52. The van der Waals surface area contributed by atoms with Crippen molar-refractivity contribution >= 4 is 5.82 Å². The Morgan fingerprint density at radius 1 is 1.44 bits per heavy atom. The second-order valence-corrected chi connectivity index (χ2v) is 3.84. The number of aromatic nitrogens is 2. The molecule has 18 heavy (non-hydrogen) atoms. The standard InChI is InChI=1S/C9H13N3O6/c13-3-4-6(14)7(15)8(18-4)12-2-1-5(11-17)10-9(12)16/h1-2,4,6-8,13-15,17H,3H2,(H,10,11,16)/t4-,6?,7?,8-/m1/s1. The number of nitrogens with zero attached hydrogens (tertiary/aromatic N) is 2. The smallest absolute Gasteiger partial charge is 0.351 e. The van der Waals surface area contributed by atoms with E-state index in [1.54, 1.807) is 5.48 Å². The Morgan fingerprint density at radius 3 is 2.67 bits per heavy atom. The molecule has 4 atom stereocenters. The molecule has 2 rings (SSSR count). The molecule has 0 amide bonds. The topological polar surface area (TPSA) is 137 Å². The van der Waals surface area contributed by atoms with Gasteiger partial charge >= 0.3 is 5.69 Å². The van der Waals surface area contributed by atoms with Crippen LogP contribution in [0.5, 0.6) is 0 Å². The molecule has 0 spiro atoms. The van der Waals surface area contributed by atoms with E-state index in [4.69, 9.17) is 15.1 Å².